The van der Waals surface area contributed by atoms with Crippen molar-refractivity contribution in [3.63, 3.8) is 0 Å². The van der Waals surface area contributed by atoms with Crippen molar-refractivity contribution >= 4 is 0 Å². The van der Waals surface area contributed by atoms with Gasteiger partial charge in [-0.05, 0) is 6.07 Å². The molecular formula is C9H11NO4. The standard InChI is InChI=1S/C9H11NO4/c1-6(10(13)14)9(12)7-4-2-3-5-8(7)11/h2-6,9,11-12H,1H3. The summed E-state index contributed by atoms with van der Waals surface area (Å²) < 4.78 is 0. The highest BCUT2D eigenvalue weighted by atomic mass is 16.6. The van der Waals surface area contributed by atoms with Crippen LogP contribution < -0.4 is 0 Å². The van der Waals surface area contributed by atoms with E-state index in [1.54, 1.807) is 12.1 Å². The molecule has 76 valence electrons. The van der Waals surface area contributed by atoms with Gasteiger partial charge in [-0.15, -0.1) is 0 Å². The van der Waals surface area contributed by atoms with Crippen LogP contribution in [0.5, 0.6) is 5.75 Å². The molecule has 1 aromatic carbocycles. The van der Waals surface area contributed by atoms with Gasteiger partial charge in [-0.25, -0.2) is 0 Å². The van der Waals surface area contributed by atoms with Gasteiger partial charge in [0.1, 0.15) is 11.9 Å². The lowest BCUT2D eigenvalue weighted by atomic mass is 10.0. The first-order valence-corrected chi connectivity index (χ1v) is 4.13. The van der Waals surface area contributed by atoms with E-state index in [1.807, 2.05) is 0 Å². The van der Waals surface area contributed by atoms with Gasteiger partial charge >= 0.3 is 0 Å². The van der Waals surface area contributed by atoms with Crippen LogP contribution in [-0.2, 0) is 0 Å². The number of aromatic hydroxyl groups is 1. The lowest BCUT2D eigenvalue weighted by Gasteiger charge is -2.13. The topological polar surface area (TPSA) is 83.6 Å². The van der Waals surface area contributed by atoms with E-state index in [-0.39, 0.29) is 11.3 Å². The summed E-state index contributed by atoms with van der Waals surface area (Å²) in [4.78, 5) is 9.80. The van der Waals surface area contributed by atoms with Crippen molar-refractivity contribution in [2.45, 2.75) is 19.1 Å². The molecule has 2 atom stereocenters. The number of nitro groups is 1. The van der Waals surface area contributed by atoms with Crippen molar-refractivity contribution in [3.05, 3.63) is 39.9 Å². The number of aliphatic hydroxyl groups excluding tert-OH is 1. The van der Waals surface area contributed by atoms with Crippen molar-refractivity contribution in [1.82, 2.24) is 0 Å². The zero-order valence-corrected chi connectivity index (χ0v) is 7.62. The minimum Gasteiger partial charge on any atom is -0.508 e. The van der Waals surface area contributed by atoms with Crippen molar-refractivity contribution in [1.29, 1.82) is 0 Å². The highest BCUT2D eigenvalue weighted by Gasteiger charge is 2.27. The molecule has 0 saturated carbocycles. The molecule has 2 N–H and O–H groups in total. The Bertz CT molecular complexity index is 339. The van der Waals surface area contributed by atoms with E-state index in [9.17, 15) is 20.3 Å². The third-order valence-electron chi connectivity index (χ3n) is 2.04. The van der Waals surface area contributed by atoms with Gasteiger partial charge in [-0.3, -0.25) is 10.1 Å². The van der Waals surface area contributed by atoms with E-state index in [0.29, 0.717) is 0 Å². The van der Waals surface area contributed by atoms with Gasteiger partial charge in [0.05, 0.1) is 0 Å². The number of hydrogen-bond donors (Lipinski definition) is 2. The molecule has 0 radical (unpaired) electrons. The molecule has 1 rings (SSSR count). The molecule has 2 unspecified atom stereocenters. The molecule has 0 amide bonds. The lowest BCUT2D eigenvalue weighted by molar-refractivity contribution is -0.531. The van der Waals surface area contributed by atoms with Gasteiger partial charge in [0.15, 0.2) is 0 Å². The normalized spacial score (nSPS) is 14.7. The van der Waals surface area contributed by atoms with Crippen LogP contribution in [0.4, 0.5) is 0 Å². The molecule has 5 heteroatoms. The van der Waals surface area contributed by atoms with Gasteiger partial charge < -0.3 is 10.2 Å². The van der Waals surface area contributed by atoms with Crippen LogP contribution in [0, 0.1) is 10.1 Å². The molecule has 0 aliphatic carbocycles. The Morgan fingerprint density at radius 3 is 2.50 bits per heavy atom. The summed E-state index contributed by atoms with van der Waals surface area (Å²) in [5.74, 6) is -0.131. The number of benzene rings is 1. The Hall–Kier alpha value is -1.62. The monoisotopic (exact) mass is 197 g/mol. The van der Waals surface area contributed by atoms with Crippen molar-refractivity contribution in [2.75, 3.05) is 0 Å². The van der Waals surface area contributed by atoms with E-state index in [2.05, 4.69) is 0 Å². The number of rotatable bonds is 3. The van der Waals surface area contributed by atoms with Crippen LogP contribution in [0.1, 0.15) is 18.6 Å². The summed E-state index contributed by atoms with van der Waals surface area (Å²) in [6, 6.07) is 4.89. The maximum absolute atomic E-state index is 10.4. The fraction of sp³-hybridized carbons (Fsp3) is 0.333. The second-order valence-electron chi connectivity index (χ2n) is 3.03. The molecule has 5 nitrogen and oxygen atoms in total. The third kappa shape index (κ3) is 2.00. The van der Waals surface area contributed by atoms with E-state index >= 15 is 0 Å². The number of hydrogen-bond acceptors (Lipinski definition) is 4. The highest BCUT2D eigenvalue weighted by molar-refractivity contribution is 5.33. The quantitative estimate of drug-likeness (QED) is 0.561. The number of nitrogens with zero attached hydrogens (tertiary/aromatic N) is 1. The van der Waals surface area contributed by atoms with Crippen LogP contribution in [0.25, 0.3) is 0 Å². The van der Waals surface area contributed by atoms with E-state index < -0.39 is 17.1 Å². The lowest BCUT2D eigenvalue weighted by Crippen LogP contribution is -2.23. The van der Waals surface area contributed by atoms with Gasteiger partial charge in [-0.1, -0.05) is 18.2 Å². The van der Waals surface area contributed by atoms with Crippen molar-refractivity contribution < 1.29 is 15.1 Å². The molecule has 0 aliphatic heterocycles. The van der Waals surface area contributed by atoms with Crippen LogP contribution in [0.3, 0.4) is 0 Å². The molecule has 0 fully saturated rings. The van der Waals surface area contributed by atoms with Gasteiger partial charge in [0.2, 0.25) is 6.04 Å². The predicted molar refractivity (Wildman–Crippen MR) is 49.5 cm³/mol. The molecular weight excluding hydrogens is 186 g/mol. The number of aliphatic hydroxyl groups is 1. The fourth-order valence-electron chi connectivity index (χ4n) is 1.11. The van der Waals surface area contributed by atoms with Crippen LogP contribution in [-0.4, -0.2) is 21.2 Å². The summed E-state index contributed by atoms with van der Waals surface area (Å²) in [5, 5.41) is 29.3. The smallest absolute Gasteiger partial charge is 0.240 e. The van der Waals surface area contributed by atoms with Crippen molar-refractivity contribution in [2.24, 2.45) is 0 Å². The zero-order chi connectivity index (χ0) is 10.7. The average Bonchev–Trinajstić information content (AvgIpc) is 2.16. The summed E-state index contributed by atoms with van der Waals surface area (Å²) in [6.45, 7) is 1.29. The van der Waals surface area contributed by atoms with Crippen molar-refractivity contribution in [3.8, 4) is 5.75 Å². The third-order valence-corrected chi connectivity index (χ3v) is 2.04. The molecule has 0 heterocycles. The first-order chi connectivity index (χ1) is 6.54. The second-order valence-corrected chi connectivity index (χ2v) is 3.03. The van der Waals surface area contributed by atoms with Crippen LogP contribution >= 0.6 is 0 Å². The van der Waals surface area contributed by atoms with Gasteiger partial charge in [0.25, 0.3) is 0 Å². The Kier molecular flexibility index (Phi) is 3.03. The molecule has 0 aliphatic rings. The van der Waals surface area contributed by atoms with Crippen LogP contribution in [0.2, 0.25) is 0 Å². The summed E-state index contributed by atoms with van der Waals surface area (Å²) in [7, 11) is 0. The maximum atomic E-state index is 10.4. The Morgan fingerprint density at radius 1 is 1.43 bits per heavy atom. The Balaban J connectivity index is 2.94. The first-order valence-electron chi connectivity index (χ1n) is 4.13. The molecule has 0 aromatic heterocycles. The summed E-state index contributed by atoms with van der Waals surface area (Å²) >= 11 is 0. The average molecular weight is 197 g/mol. The fourth-order valence-corrected chi connectivity index (χ4v) is 1.11. The number of para-hydroxylation sites is 1. The SMILES string of the molecule is CC(C(O)c1ccccc1O)[N+](=O)[O-]. The summed E-state index contributed by atoms with van der Waals surface area (Å²) in [6.07, 6.45) is -1.29. The Morgan fingerprint density at radius 2 is 2.00 bits per heavy atom. The number of phenolic OH excluding ortho intramolecular Hbond substituents is 1. The summed E-state index contributed by atoms with van der Waals surface area (Å²) in [5.41, 5.74) is 0.178. The largest absolute Gasteiger partial charge is 0.508 e. The highest BCUT2D eigenvalue weighted by Crippen LogP contribution is 2.26. The zero-order valence-electron chi connectivity index (χ0n) is 7.62. The molecule has 0 saturated heterocycles. The second kappa shape index (κ2) is 4.06. The maximum Gasteiger partial charge on any atom is 0.240 e. The Labute approximate surface area is 80.8 Å². The van der Waals surface area contributed by atoms with E-state index in [1.165, 1.54) is 19.1 Å². The predicted octanol–water partition coefficient (Wildman–Crippen LogP) is 1.09. The molecule has 0 bridgehead atoms. The van der Waals surface area contributed by atoms with E-state index in [4.69, 9.17) is 0 Å². The molecule has 1 aromatic rings. The minimum atomic E-state index is -1.29. The number of phenols is 1. The van der Waals surface area contributed by atoms with Gasteiger partial charge in [0, 0.05) is 17.4 Å². The van der Waals surface area contributed by atoms with E-state index in [0.717, 1.165) is 0 Å². The minimum absolute atomic E-state index is 0.131. The molecule has 0 spiro atoms. The first kappa shape index (κ1) is 10.5. The van der Waals surface area contributed by atoms with Gasteiger partial charge in [-0.2, -0.15) is 0 Å². The molecule has 14 heavy (non-hydrogen) atoms. The van der Waals surface area contributed by atoms with Crippen LogP contribution in [0.15, 0.2) is 24.3 Å².